The molecular weight excluding hydrogens is 287 g/mol. The molecule has 2 N–H and O–H groups in total. The fourth-order valence-electron chi connectivity index (χ4n) is 1.33. The Morgan fingerprint density at radius 2 is 1.79 bits per heavy atom. The highest BCUT2D eigenvalue weighted by Crippen LogP contribution is 2.09. The zero-order valence-corrected chi connectivity index (χ0v) is 11.2. The summed E-state index contributed by atoms with van der Waals surface area (Å²) in [5.41, 5.74) is 0.946. The average molecular weight is 297 g/mol. The summed E-state index contributed by atoms with van der Waals surface area (Å²) in [5.74, 6) is 0.331. The molecule has 2 rings (SSSR count). The molecule has 2 amide bonds. The summed E-state index contributed by atoms with van der Waals surface area (Å²) in [4.78, 5) is 11.6. The van der Waals surface area contributed by atoms with Crippen molar-refractivity contribution in [3.8, 4) is 0 Å². The lowest BCUT2D eigenvalue weighted by Crippen LogP contribution is -2.28. The molecular formula is C12H10Cl2N4O. The Balaban J connectivity index is 1.84. The zero-order chi connectivity index (χ0) is 13.7. The van der Waals surface area contributed by atoms with Crippen LogP contribution in [0.1, 0.15) is 5.56 Å². The van der Waals surface area contributed by atoms with Crippen LogP contribution in [0.15, 0.2) is 36.4 Å². The number of halogens is 2. The highest BCUT2D eigenvalue weighted by Gasteiger charge is 2.03. The molecule has 0 atom stereocenters. The van der Waals surface area contributed by atoms with Gasteiger partial charge in [0.1, 0.15) is 0 Å². The number of nitrogens with zero attached hydrogens (tertiary/aromatic N) is 2. The van der Waals surface area contributed by atoms with E-state index < -0.39 is 0 Å². The van der Waals surface area contributed by atoms with E-state index >= 15 is 0 Å². The van der Waals surface area contributed by atoms with E-state index in [0.717, 1.165) is 5.56 Å². The third-order valence-electron chi connectivity index (χ3n) is 2.24. The molecule has 1 aromatic heterocycles. The van der Waals surface area contributed by atoms with E-state index in [1.165, 1.54) is 0 Å². The Labute approximate surface area is 119 Å². The number of hydrogen-bond acceptors (Lipinski definition) is 3. The van der Waals surface area contributed by atoms with Gasteiger partial charge in [0.25, 0.3) is 0 Å². The molecule has 1 aromatic carbocycles. The van der Waals surface area contributed by atoms with Crippen LogP contribution >= 0.6 is 23.2 Å². The lowest BCUT2D eigenvalue weighted by molar-refractivity contribution is 0.251. The first-order valence-electron chi connectivity index (χ1n) is 5.42. The molecule has 0 aliphatic heterocycles. The molecule has 5 nitrogen and oxygen atoms in total. The molecule has 0 unspecified atom stereocenters. The van der Waals surface area contributed by atoms with Crippen LogP contribution in [0.5, 0.6) is 0 Å². The standard InChI is InChI=1S/C12H10Cl2N4O/c13-9-3-1-8(2-4-9)7-15-12(19)16-11-6-5-10(14)17-18-11/h1-6H,7H2,(H2,15,16,18,19). The Kier molecular flexibility index (Phi) is 4.54. The molecule has 0 spiro atoms. The van der Waals surface area contributed by atoms with E-state index in [0.29, 0.717) is 17.4 Å². The van der Waals surface area contributed by atoms with Crippen LogP contribution < -0.4 is 10.6 Å². The van der Waals surface area contributed by atoms with Gasteiger partial charge in [0.05, 0.1) is 0 Å². The molecule has 19 heavy (non-hydrogen) atoms. The largest absolute Gasteiger partial charge is 0.334 e. The van der Waals surface area contributed by atoms with Crippen molar-refractivity contribution in [3.05, 3.63) is 52.1 Å². The molecule has 2 aromatic rings. The number of nitrogens with one attached hydrogen (secondary N) is 2. The zero-order valence-electron chi connectivity index (χ0n) is 9.73. The summed E-state index contributed by atoms with van der Waals surface area (Å²) in [6.45, 7) is 0.393. The molecule has 0 aliphatic rings. The van der Waals surface area contributed by atoms with Gasteiger partial charge in [-0.3, -0.25) is 5.32 Å². The molecule has 0 fully saturated rings. The highest BCUT2D eigenvalue weighted by atomic mass is 35.5. The molecule has 0 bridgehead atoms. The van der Waals surface area contributed by atoms with Gasteiger partial charge in [0.15, 0.2) is 11.0 Å². The summed E-state index contributed by atoms with van der Waals surface area (Å²) < 4.78 is 0. The maximum Gasteiger partial charge on any atom is 0.320 e. The van der Waals surface area contributed by atoms with Crippen molar-refractivity contribution in [2.45, 2.75) is 6.54 Å². The van der Waals surface area contributed by atoms with E-state index in [9.17, 15) is 4.79 Å². The number of benzene rings is 1. The number of carbonyl (C=O) groups is 1. The minimum atomic E-state index is -0.369. The van der Waals surface area contributed by atoms with Crippen molar-refractivity contribution in [3.63, 3.8) is 0 Å². The minimum Gasteiger partial charge on any atom is -0.334 e. The fourth-order valence-corrected chi connectivity index (χ4v) is 1.55. The lowest BCUT2D eigenvalue weighted by atomic mass is 10.2. The van der Waals surface area contributed by atoms with E-state index in [1.807, 2.05) is 12.1 Å². The Bertz CT molecular complexity index is 557. The van der Waals surface area contributed by atoms with E-state index in [4.69, 9.17) is 23.2 Å². The van der Waals surface area contributed by atoms with Crippen LogP contribution in [0.25, 0.3) is 0 Å². The summed E-state index contributed by atoms with van der Waals surface area (Å²) in [6.07, 6.45) is 0. The Morgan fingerprint density at radius 3 is 2.42 bits per heavy atom. The van der Waals surface area contributed by atoms with Crippen molar-refractivity contribution in [1.82, 2.24) is 15.5 Å². The number of hydrogen-bond donors (Lipinski definition) is 2. The predicted molar refractivity (Wildman–Crippen MR) is 74.4 cm³/mol. The molecule has 98 valence electrons. The van der Waals surface area contributed by atoms with Gasteiger partial charge in [-0.05, 0) is 29.8 Å². The summed E-state index contributed by atoms with van der Waals surface area (Å²) >= 11 is 11.4. The summed E-state index contributed by atoms with van der Waals surface area (Å²) in [7, 11) is 0. The quantitative estimate of drug-likeness (QED) is 0.914. The van der Waals surface area contributed by atoms with Crippen LogP contribution in [-0.2, 0) is 6.54 Å². The summed E-state index contributed by atoms with van der Waals surface area (Å²) in [6, 6.07) is 9.95. The molecule has 0 saturated heterocycles. The number of carbonyl (C=O) groups excluding carboxylic acids is 1. The minimum absolute atomic E-state index is 0.270. The first-order chi connectivity index (χ1) is 9.13. The molecule has 7 heteroatoms. The van der Waals surface area contributed by atoms with Gasteiger partial charge in [-0.15, -0.1) is 10.2 Å². The second-order valence-electron chi connectivity index (χ2n) is 3.68. The van der Waals surface area contributed by atoms with Gasteiger partial charge in [-0.1, -0.05) is 35.3 Å². The number of rotatable bonds is 3. The first-order valence-corrected chi connectivity index (χ1v) is 6.17. The molecule has 1 heterocycles. The van der Waals surface area contributed by atoms with Gasteiger partial charge >= 0.3 is 6.03 Å². The first kappa shape index (κ1) is 13.6. The van der Waals surface area contributed by atoms with E-state index in [1.54, 1.807) is 24.3 Å². The van der Waals surface area contributed by atoms with Crippen molar-refractivity contribution >= 4 is 35.1 Å². The van der Waals surface area contributed by atoms with Crippen LogP contribution in [0.4, 0.5) is 10.6 Å². The fraction of sp³-hybridized carbons (Fsp3) is 0.0833. The number of urea groups is 1. The van der Waals surface area contributed by atoms with Gasteiger partial charge in [-0.25, -0.2) is 4.79 Å². The normalized spacial score (nSPS) is 10.0. The van der Waals surface area contributed by atoms with Crippen LogP contribution in [0.2, 0.25) is 10.2 Å². The maximum atomic E-state index is 11.6. The number of amides is 2. The Morgan fingerprint density at radius 1 is 1.05 bits per heavy atom. The SMILES string of the molecule is O=C(NCc1ccc(Cl)cc1)Nc1ccc(Cl)nn1. The topological polar surface area (TPSA) is 66.9 Å². The third kappa shape index (κ3) is 4.39. The third-order valence-corrected chi connectivity index (χ3v) is 2.69. The second-order valence-corrected chi connectivity index (χ2v) is 4.50. The van der Waals surface area contributed by atoms with Crippen molar-refractivity contribution < 1.29 is 4.79 Å². The molecule has 0 saturated carbocycles. The lowest BCUT2D eigenvalue weighted by Gasteiger charge is -2.06. The predicted octanol–water partition coefficient (Wildman–Crippen LogP) is 3.11. The number of anilines is 1. The smallest absolute Gasteiger partial charge is 0.320 e. The molecule has 0 radical (unpaired) electrons. The highest BCUT2D eigenvalue weighted by molar-refractivity contribution is 6.30. The van der Waals surface area contributed by atoms with Gasteiger partial charge in [0, 0.05) is 11.6 Å². The van der Waals surface area contributed by atoms with Crippen LogP contribution in [-0.4, -0.2) is 16.2 Å². The number of aromatic nitrogens is 2. The van der Waals surface area contributed by atoms with Crippen LogP contribution in [0, 0.1) is 0 Å². The molecule has 0 aliphatic carbocycles. The van der Waals surface area contributed by atoms with E-state index in [2.05, 4.69) is 20.8 Å². The monoisotopic (exact) mass is 296 g/mol. The van der Waals surface area contributed by atoms with E-state index in [-0.39, 0.29) is 11.2 Å². The summed E-state index contributed by atoms with van der Waals surface area (Å²) in [5, 5.41) is 13.5. The van der Waals surface area contributed by atoms with Crippen molar-refractivity contribution in [2.24, 2.45) is 0 Å². The van der Waals surface area contributed by atoms with Gasteiger partial charge in [-0.2, -0.15) is 0 Å². The maximum absolute atomic E-state index is 11.6. The van der Waals surface area contributed by atoms with Gasteiger partial charge in [0.2, 0.25) is 0 Å². The van der Waals surface area contributed by atoms with Crippen LogP contribution in [0.3, 0.4) is 0 Å². The van der Waals surface area contributed by atoms with Gasteiger partial charge < -0.3 is 5.32 Å². The average Bonchev–Trinajstić information content (AvgIpc) is 2.41. The van der Waals surface area contributed by atoms with Crippen molar-refractivity contribution in [2.75, 3.05) is 5.32 Å². The van der Waals surface area contributed by atoms with Crippen molar-refractivity contribution in [1.29, 1.82) is 0 Å². The second kappa shape index (κ2) is 6.36. The Hall–Kier alpha value is -1.85.